The van der Waals surface area contributed by atoms with Gasteiger partial charge in [0.15, 0.2) is 0 Å². The molecule has 1 N–H and O–H groups in total. The van der Waals surface area contributed by atoms with Crippen molar-refractivity contribution in [1.29, 1.82) is 0 Å². The monoisotopic (exact) mass is 558 g/mol. The van der Waals surface area contributed by atoms with Crippen molar-refractivity contribution in [2.24, 2.45) is 0 Å². The zero-order valence-electron chi connectivity index (χ0n) is 23.7. The number of ether oxygens (including phenoxy) is 3. The first-order chi connectivity index (χ1) is 19.6. The largest absolute Gasteiger partial charge is 0.511 e. The van der Waals surface area contributed by atoms with Crippen LogP contribution in [0.4, 0.5) is 4.79 Å². The maximum Gasteiger partial charge on any atom is 0.419 e. The Balaban J connectivity index is 1.71. The summed E-state index contributed by atoms with van der Waals surface area (Å²) < 4.78 is 18.2. The Morgan fingerprint density at radius 3 is 2.39 bits per heavy atom. The van der Waals surface area contributed by atoms with Crippen molar-refractivity contribution in [2.75, 3.05) is 19.7 Å². The minimum atomic E-state index is -0.835. The molecule has 5 rings (SSSR count). The van der Waals surface area contributed by atoms with E-state index in [9.17, 15) is 19.5 Å². The van der Waals surface area contributed by atoms with Crippen LogP contribution in [0.2, 0.25) is 0 Å². The summed E-state index contributed by atoms with van der Waals surface area (Å²) in [5, 5.41) is 11.9. The molecule has 0 bridgehead atoms. The molecule has 3 heterocycles. The van der Waals surface area contributed by atoms with E-state index in [1.54, 1.807) is 39.8 Å². The molecular weight excluding hydrogens is 524 g/mol. The number of esters is 2. The van der Waals surface area contributed by atoms with Crippen LogP contribution in [0.5, 0.6) is 0 Å². The summed E-state index contributed by atoms with van der Waals surface area (Å²) in [5.41, 5.74) is 1.46. The summed E-state index contributed by atoms with van der Waals surface area (Å²) in [4.78, 5) is 42.8. The molecule has 1 aromatic heterocycles. The van der Waals surface area contributed by atoms with Crippen molar-refractivity contribution >= 4 is 34.5 Å². The van der Waals surface area contributed by atoms with Crippen molar-refractivity contribution in [1.82, 2.24) is 9.47 Å². The number of para-hydroxylation sites is 1. The molecule has 0 aliphatic carbocycles. The Morgan fingerprint density at radius 1 is 0.976 bits per heavy atom. The molecule has 1 atom stereocenters. The van der Waals surface area contributed by atoms with Crippen LogP contribution in [0.1, 0.15) is 57.0 Å². The first-order valence-corrected chi connectivity index (χ1v) is 13.7. The van der Waals surface area contributed by atoms with Crippen molar-refractivity contribution in [3.05, 3.63) is 88.8 Å². The molecule has 2 aromatic carbocycles. The molecule has 9 heteroatoms. The molecule has 0 radical (unpaired) electrons. The summed E-state index contributed by atoms with van der Waals surface area (Å²) in [5.74, 6) is -1.45. The SMILES string of the molecule is CCOC(=O)/C1=C(\O)CCN2CC=C(C(=O)OCc3ccccc3)[C@@H]2c2c1n(C(=O)OC(C)(C)C)c1ccccc21. The minimum Gasteiger partial charge on any atom is -0.511 e. The van der Waals surface area contributed by atoms with E-state index in [2.05, 4.69) is 0 Å². The van der Waals surface area contributed by atoms with Gasteiger partial charge in [-0.05, 0) is 39.3 Å². The lowest BCUT2D eigenvalue weighted by Gasteiger charge is -2.30. The summed E-state index contributed by atoms with van der Waals surface area (Å²) >= 11 is 0. The van der Waals surface area contributed by atoms with Gasteiger partial charge in [0.2, 0.25) is 0 Å². The number of aromatic nitrogens is 1. The van der Waals surface area contributed by atoms with Gasteiger partial charge in [-0.25, -0.2) is 19.0 Å². The second-order valence-electron chi connectivity index (χ2n) is 11.0. The summed E-state index contributed by atoms with van der Waals surface area (Å²) in [7, 11) is 0. The van der Waals surface area contributed by atoms with Gasteiger partial charge in [-0.1, -0.05) is 54.6 Å². The van der Waals surface area contributed by atoms with Gasteiger partial charge < -0.3 is 19.3 Å². The van der Waals surface area contributed by atoms with Gasteiger partial charge in [0.25, 0.3) is 0 Å². The minimum absolute atomic E-state index is 0.0735. The third-order valence-corrected chi connectivity index (χ3v) is 7.06. The van der Waals surface area contributed by atoms with Gasteiger partial charge in [-0.2, -0.15) is 0 Å². The van der Waals surface area contributed by atoms with Crippen LogP contribution in [0.15, 0.2) is 72.0 Å². The number of carbonyl (C=O) groups is 3. The molecule has 0 saturated heterocycles. The maximum atomic E-state index is 13.8. The Labute approximate surface area is 238 Å². The van der Waals surface area contributed by atoms with Crippen molar-refractivity contribution in [3.8, 4) is 0 Å². The molecule has 0 unspecified atom stereocenters. The molecule has 2 aliphatic rings. The number of benzene rings is 2. The van der Waals surface area contributed by atoms with E-state index in [0.29, 0.717) is 35.1 Å². The van der Waals surface area contributed by atoms with E-state index < -0.39 is 29.7 Å². The predicted molar refractivity (Wildman–Crippen MR) is 153 cm³/mol. The number of carbonyl (C=O) groups excluding carboxylic acids is 3. The zero-order valence-corrected chi connectivity index (χ0v) is 23.7. The fourth-order valence-corrected chi connectivity index (χ4v) is 5.40. The van der Waals surface area contributed by atoms with E-state index in [1.807, 2.05) is 53.4 Å². The normalized spacial score (nSPS) is 19.0. The van der Waals surface area contributed by atoms with E-state index in [1.165, 1.54) is 4.57 Å². The van der Waals surface area contributed by atoms with E-state index in [-0.39, 0.29) is 36.7 Å². The number of nitrogens with zero attached hydrogens (tertiary/aromatic N) is 2. The van der Waals surface area contributed by atoms with Crippen LogP contribution in [0.25, 0.3) is 16.5 Å². The van der Waals surface area contributed by atoms with Crippen LogP contribution in [0.3, 0.4) is 0 Å². The zero-order chi connectivity index (χ0) is 29.3. The summed E-state index contributed by atoms with van der Waals surface area (Å²) in [6, 6.07) is 16.0. The van der Waals surface area contributed by atoms with E-state index in [0.717, 1.165) is 5.56 Å². The lowest BCUT2D eigenvalue weighted by Crippen LogP contribution is -2.33. The predicted octanol–water partition coefficient (Wildman–Crippen LogP) is 5.69. The lowest BCUT2D eigenvalue weighted by atomic mass is 9.91. The van der Waals surface area contributed by atoms with E-state index >= 15 is 0 Å². The molecule has 9 nitrogen and oxygen atoms in total. The number of aliphatic hydroxyl groups is 1. The van der Waals surface area contributed by atoms with E-state index in [4.69, 9.17) is 14.2 Å². The molecule has 2 aliphatic heterocycles. The third-order valence-electron chi connectivity index (χ3n) is 7.06. The number of aliphatic hydroxyl groups excluding tert-OH is 1. The average Bonchev–Trinajstić information content (AvgIpc) is 3.48. The van der Waals surface area contributed by atoms with Gasteiger partial charge in [-0.15, -0.1) is 0 Å². The smallest absolute Gasteiger partial charge is 0.419 e. The highest BCUT2D eigenvalue weighted by Gasteiger charge is 2.43. The second kappa shape index (κ2) is 11.2. The Hall–Kier alpha value is -4.37. The Bertz CT molecular complexity index is 1560. The Morgan fingerprint density at radius 2 is 1.68 bits per heavy atom. The van der Waals surface area contributed by atoms with Crippen molar-refractivity contribution in [3.63, 3.8) is 0 Å². The number of rotatable bonds is 5. The number of fused-ring (bicyclic) bond motifs is 5. The van der Waals surface area contributed by atoms with Gasteiger partial charge in [0.05, 0.1) is 29.4 Å². The molecule has 41 heavy (non-hydrogen) atoms. The van der Waals surface area contributed by atoms with Gasteiger partial charge >= 0.3 is 18.0 Å². The molecule has 0 amide bonds. The highest BCUT2D eigenvalue weighted by molar-refractivity contribution is 6.20. The number of hydrogen-bond donors (Lipinski definition) is 1. The molecule has 0 spiro atoms. The molecular formula is C32H34N2O7. The van der Waals surface area contributed by atoms with Gasteiger partial charge in [0.1, 0.15) is 23.5 Å². The quantitative estimate of drug-likeness (QED) is 0.315. The van der Waals surface area contributed by atoms with Gasteiger partial charge in [0, 0.05) is 30.5 Å². The Kier molecular flexibility index (Phi) is 7.73. The van der Waals surface area contributed by atoms with Crippen LogP contribution >= 0.6 is 0 Å². The van der Waals surface area contributed by atoms with Gasteiger partial charge in [-0.3, -0.25) is 4.90 Å². The van der Waals surface area contributed by atoms with Crippen LogP contribution in [-0.2, 0) is 30.4 Å². The highest BCUT2D eigenvalue weighted by atomic mass is 16.6. The van der Waals surface area contributed by atoms with Crippen LogP contribution < -0.4 is 0 Å². The van der Waals surface area contributed by atoms with Crippen LogP contribution in [0, 0.1) is 0 Å². The maximum absolute atomic E-state index is 13.8. The fraction of sp³-hybridized carbons (Fsp3) is 0.344. The van der Waals surface area contributed by atoms with Crippen LogP contribution in [-0.4, -0.2) is 57.9 Å². The topological polar surface area (TPSA) is 107 Å². The van der Waals surface area contributed by atoms with Crippen molar-refractivity contribution < 1.29 is 33.7 Å². The average molecular weight is 559 g/mol. The molecule has 214 valence electrons. The first-order valence-electron chi connectivity index (χ1n) is 13.7. The van der Waals surface area contributed by atoms with Crippen molar-refractivity contribution in [2.45, 2.75) is 52.4 Å². The third kappa shape index (κ3) is 5.50. The molecule has 0 fully saturated rings. The fourth-order valence-electron chi connectivity index (χ4n) is 5.40. The standard InChI is InChI=1S/C32H34N2O7/c1-5-39-30(37)26-24(35)16-18-33-17-15-22(29(36)40-19-20-11-7-6-8-12-20)27(33)25-21-13-9-10-14-23(21)34(28(25)26)31(38)41-32(2,3)4/h6-15,27,35H,5,16-19H2,1-4H3/b26-24-/t27-/m1/s1. The summed E-state index contributed by atoms with van der Waals surface area (Å²) in [6.07, 6.45) is 1.21. The lowest BCUT2D eigenvalue weighted by molar-refractivity contribution is -0.141. The first kappa shape index (κ1) is 28.2. The second-order valence-corrected chi connectivity index (χ2v) is 11.0. The number of hydrogen-bond acceptors (Lipinski definition) is 8. The molecule has 3 aromatic rings. The molecule has 0 saturated carbocycles. The highest BCUT2D eigenvalue weighted by Crippen LogP contribution is 2.46. The summed E-state index contributed by atoms with van der Waals surface area (Å²) in [6.45, 7) is 7.89.